The number of ketones is 1. The molecule has 25 heavy (non-hydrogen) atoms. The third-order valence-electron chi connectivity index (χ3n) is 3.17. The zero-order chi connectivity index (χ0) is 18.2. The lowest BCUT2D eigenvalue weighted by atomic mass is 10.1. The fraction of sp³-hybridized carbons (Fsp3) is 0.158. The molecule has 6 heteroatoms. The second-order valence-corrected chi connectivity index (χ2v) is 5.80. The maximum atomic E-state index is 12.2. The van der Waals surface area contributed by atoms with Gasteiger partial charge < -0.3 is 9.47 Å². The normalized spacial score (nSPS) is 10.7. The number of esters is 1. The summed E-state index contributed by atoms with van der Waals surface area (Å²) in [5.41, 5.74) is 1.27. The van der Waals surface area contributed by atoms with Gasteiger partial charge in [-0.05, 0) is 55.0 Å². The highest BCUT2D eigenvalue weighted by Gasteiger charge is 2.05. The molecule has 0 spiro atoms. The highest BCUT2D eigenvalue weighted by Crippen LogP contribution is 2.23. The molecule has 0 heterocycles. The minimum absolute atomic E-state index is 0.164. The third kappa shape index (κ3) is 5.93. The van der Waals surface area contributed by atoms with Crippen molar-refractivity contribution in [3.63, 3.8) is 0 Å². The maximum absolute atomic E-state index is 12.2. The molecular weight excluding hydrogens is 363 g/mol. The summed E-state index contributed by atoms with van der Waals surface area (Å²) in [6.45, 7) is 1.86. The van der Waals surface area contributed by atoms with E-state index < -0.39 is 5.97 Å². The first-order chi connectivity index (χ1) is 12.0. The topological polar surface area (TPSA) is 52.6 Å². The van der Waals surface area contributed by atoms with Gasteiger partial charge in [0.25, 0.3) is 0 Å². The highest BCUT2D eigenvalue weighted by atomic mass is 35.5. The molecule has 130 valence electrons. The highest BCUT2D eigenvalue weighted by molar-refractivity contribution is 6.42. The van der Waals surface area contributed by atoms with E-state index in [2.05, 4.69) is 0 Å². The van der Waals surface area contributed by atoms with Crippen LogP contribution in [0.15, 0.2) is 48.5 Å². The Balaban J connectivity index is 1.96. The van der Waals surface area contributed by atoms with Crippen molar-refractivity contribution in [2.24, 2.45) is 0 Å². The van der Waals surface area contributed by atoms with Gasteiger partial charge in [-0.25, -0.2) is 4.79 Å². The van der Waals surface area contributed by atoms with Crippen LogP contribution in [-0.4, -0.2) is 25.0 Å². The van der Waals surface area contributed by atoms with Crippen LogP contribution in [0.5, 0.6) is 5.75 Å². The van der Waals surface area contributed by atoms with E-state index in [1.165, 1.54) is 6.08 Å². The van der Waals surface area contributed by atoms with Gasteiger partial charge in [-0.3, -0.25) is 4.79 Å². The second kappa shape index (κ2) is 9.25. The summed E-state index contributed by atoms with van der Waals surface area (Å²) >= 11 is 11.8. The monoisotopic (exact) mass is 378 g/mol. The number of carbonyl (C=O) groups is 2. The number of ether oxygens (including phenoxy) is 2. The third-order valence-corrected chi connectivity index (χ3v) is 3.91. The fourth-order valence-corrected chi connectivity index (χ4v) is 2.25. The van der Waals surface area contributed by atoms with Crippen molar-refractivity contribution in [1.29, 1.82) is 0 Å². The van der Waals surface area contributed by atoms with E-state index in [0.29, 0.717) is 28.0 Å². The Kier molecular flexibility index (Phi) is 7.04. The van der Waals surface area contributed by atoms with Crippen molar-refractivity contribution in [2.75, 3.05) is 13.2 Å². The van der Waals surface area contributed by atoms with Gasteiger partial charge in [-0.1, -0.05) is 35.3 Å². The molecule has 0 aliphatic carbocycles. The van der Waals surface area contributed by atoms with Crippen molar-refractivity contribution >= 4 is 41.0 Å². The largest absolute Gasteiger partial charge is 0.482 e. The van der Waals surface area contributed by atoms with E-state index in [0.717, 1.165) is 5.56 Å². The first-order valence-corrected chi connectivity index (χ1v) is 8.31. The molecular formula is C19H16Cl2O4. The minimum Gasteiger partial charge on any atom is -0.482 e. The first-order valence-electron chi connectivity index (χ1n) is 7.55. The quantitative estimate of drug-likeness (QED) is 0.393. The molecule has 2 rings (SSSR count). The van der Waals surface area contributed by atoms with Crippen LogP contribution >= 0.6 is 23.2 Å². The number of allylic oxidation sites excluding steroid dienone is 1. The summed E-state index contributed by atoms with van der Waals surface area (Å²) in [5, 5.41) is 0.892. The molecule has 2 aromatic rings. The molecule has 0 unspecified atom stereocenters. The van der Waals surface area contributed by atoms with E-state index in [4.69, 9.17) is 32.7 Å². The average molecular weight is 379 g/mol. The lowest BCUT2D eigenvalue weighted by Crippen LogP contribution is -2.14. The summed E-state index contributed by atoms with van der Waals surface area (Å²) in [6.07, 6.45) is 3.11. The van der Waals surface area contributed by atoms with Crippen molar-refractivity contribution < 1.29 is 19.1 Å². The van der Waals surface area contributed by atoms with Crippen LogP contribution in [0.1, 0.15) is 22.8 Å². The molecule has 0 N–H and O–H groups in total. The van der Waals surface area contributed by atoms with Gasteiger partial charge in [-0.15, -0.1) is 0 Å². The lowest BCUT2D eigenvalue weighted by molar-refractivity contribution is -0.145. The van der Waals surface area contributed by atoms with Gasteiger partial charge in [0.05, 0.1) is 16.7 Å². The number of halogens is 2. The lowest BCUT2D eigenvalue weighted by Gasteiger charge is -2.06. The van der Waals surface area contributed by atoms with Gasteiger partial charge in [0.15, 0.2) is 12.4 Å². The molecule has 0 fully saturated rings. The molecule has 0 radical (unpaired) electrons. The smallest absolute Gasteiger partial charge is 0.344 e. The number of rotatable bonds is 7. The summed E-state index contributed by atoms with van der Waals surface area (Å²) in [6, 6.07) is 11.6. The molecule has 0 aliphatic heterocycles. The van der Waals surface area contributed by atoms with E-state index in [-0.39, 0.29) is 12.4 Å². The van der Waals surface area contributed by atoms with Crippen LogP contribution in [0.3, 0.4) is 0 Å². The summed E-state index contributed by atoms with van der Waals surface area (Å²) in [4.78, 5) is 23.4. The Labute approximate surface area is 156 Å². The Morgan fingerprint density at radius 3 is 2.40 bits per heavy atom. The van der Waals surface area contributed by atoms with Crippen LogP contribution in [0, 0.1) is 0 Å². The van der Waals surface area contributed by atoms with Crippen molar-refractivity contribution in [3.05, 3.63) is 69.7 Å². The number of hydrogen-bond acceptors (Lipinski definition) is 4. The van der Waals surface area contributed by atoms with E-state index in [1.54, 1.807) is 55.5 Å². The summed E-state index contributed by atoms with van der Waals surface area (Å²) < 4.78 is 10.0. The molecule has 0 saturated carbocycles. The Hall–Kier alpha value is -2.30. The minimum atomic E-state index is -0.438. The molecule has 0 saturated heterocycles. The van der Waals surface area contributed by atoms with E-state index in [1.807, 2.05) is 0 Å². The summed E-state index contributed by atoms with van der Waals surface area (Å²) in [7, 11) is 0. The van der Waals surface area contributed by atoms with Crippen molar-refractivity contribution in [3.8, 4) is 5.75 Å². The molecule has 0 bridgehead atoms. The maximum Gasteiger partial charge on any atom is 0.344 e. The predicted octanol–water partition coefficient (Wildman–Crippen LogP) is 4.83. The van der Waals surface area contributed by atoms with Gasteiger partial charge in [-0.2, -0.15) is 0 Å². The Bertz CT molecular complexity index is 783. The van der Waals surface area contributed by atoms with Crippen LogP contribution in [0.25, 0.3) is 6.08 Å². The number of carbonyl (C=O) groups excluding carboxylic acids is 2. The standard InChI is InChI=1S/C19H16Cl2O4/c1-2-24-19(23)12-25-15-7-5-14(6-8-15)18(22)10-4-13-3-9-16(20)17(21)11-13/h3-11H,2,12H2,1H3/b10-4+. The number of benzene rings is 2. The summed E-state index contributed by atoms with van der Waals surface area (Å²) in [5.74, 6) is -0.117. The SMILES string of the molecule is CCOC(=O)COc1ccc(C(=O)/C=C/c2ccc(Cl)c(Cl)c2)cc1. The van der Waals surface area contributed by atoms with E-state index in [9.17, 15) is 9.59 Å². The zero-order valence-corrected chi connectivity index (χ0v) is 15.0. The van der Waals surface area contributed by atoms with Gasteiger partial charge in [0, 0.05) is 5.56 Å². The molecule has 0 aliphatic rings. The molecule has 0 atom stereocenters. The van der Waals surface area contributed by atoms with E-state index >= 15 is 0 Å². The molecule has 0 aromatic heterocycles. The predicted molar refractivity (Wildman–Crippen MR) is 98.4 cm³/mol. The Morgan fingerprint density at radius 1 is 1.04 bits per heavy atom. The van der Waals surface area contributed by atoms with Crippen LogP contribution in [0.4, 0.5) is 0 Å². The average Bonchev–Trinajstić information content (AvgIpc) is 2.61. The molecule has 0 amide bonds. The second-order valence-electron chi connectivity index (χ2n) is 4.99. The fourth-order valence-electron chi connectivity index (χ4n) is 1.94. The molecule has 2 aromatic carbocycles. The Morgan fingerprint density at radius 2 is 1.76 bits per heavy atom. The van der Waals surface area contributed by atoms with Gasteiger partial charge in [0.2, 0.25) is 0 Å². The zero-order valence-electron chi connectivity index (χ0n) is 13.5. The first kappa shape index (κ1) is 19.0. The van der Waals surface area contributed by atoms with Crippen molar-refractivity contribution in [1.82, 2.24) is 0 Å². The van der Waals surface area contributed by atoms with Crippen LogP contribution in [0.2, 0.25) is 10.0 Å². The van der Waals surface area contributed by atoms with Crippen molar-refractivity contribution in [2.45, 2.75) is 6.92 Å². The van der Waals surface area contributed by atoms with Crippen LogP contribution < -0.4 is 4.74 Å². The van der Waals surface area contributed by atoms with Gasteiger partial charge >= 0.3 is 5.97 Å². The van der Waals surface area contributed by atoms with Gasteiger partial charge in [0.1, 0.15) is 5.75 Å². The molecule has 4 nitrogen and oxygen atoms in total. The van der Waals surface area contributed by atoms with Crippen LogP contribution in [-0.2, 0) is 9.53 Å². The number of hydrogen-bond donors (Lipinski definition) is 0.